The van der Waals surface area contributed by atoms with Crippen LogP contribution in [-0.2, 0) is 4.79 Å². The van der Waals surface area contributed by atoms with Gasteiger partial charge in [0, 0.05) is 0 Å². The molecule has 120 valence electrons. The lowest BCUT2D eigenvalue weighted by atomic mass is 9.98. The zero-order chi connectivity index (χ0) is 16.8. The molecule has 0 aliphatic carbocycles. The molecule has 0 amide bonds. The van der Waals surface area contributed by atoms with Gasteiger partial charge >= 0.3 is 5.97 Å². The monoisotopic (exact) mass is 310 g/mol. The second kappa shape index (κ2) is 7.63. The van der Waals surface area contributed by atoms with Crippen LogP contribution >= 0.6 is 0 Å². The van der Waals surface area contributed by atoms with Crippen molar-refractivity contribution < 1.29 is 14.6 Å². The molecule has 2 aromatic carbocycles. The fourth-order valence-electron chi connectivity index (χ4n) is 2.26. The number of aryl methyl sites for hydroxylation is 2. The summed E-state index contributed by atoms with van der Waals surface area (Å²) in [5.41, 5.74) is 4.03. The van der Waals surface area contributed by atoms with Crippen LogP contribution in [-0.4, -0.2) is 17.7 Å². The predicted octanol–water partition coefficient (Wildman–Crippen LogP) is 4.72. The van der Waals surface area contributed by atoms with Gasteiger partial charge in [-0.25, -0.2) is 4.79 Å². The van der Waals surface area contributed by atoms with Gasteiger partial charge in [-0.2, -0.15) is 0 Å². The number of carbonyl (C=O) groups is 1. The molecule has 0 aliphatic rings. The first kappa shape index (κ1) is 16.8. The third-order valence-electron chi connectivity index (χ3n) is 3.69. The normalized spacial score (nSPS) is 11.3. The number of aliphatic carboxylic acids is 1. The molecule has 0 atom stereocenters. The maximum atomic E-state index is 11.7. The Morgan fingerprint density at radius 1 is 1.13 bits per heavy atom. The third kappa shape index (κ3) is 4.46. The summed E-state index contributed by atoms with van der Waals surface area (Å²) in [5.74, 6) is -0.182. The highest BCUT2D eigenvalue weighted by Gasteiger charge is 2.11. The summed E-state index contributed by atoms with van der Waals surface area (Å²) in [5, 5.41) is 9.56. The molecule has 0 aliphatic heterocycles. The molecule has 3 heteroatoms. The summed E-state index contributed by atoms with van der Waals surface area (Å²) in [7, 11) is 0. The van der Waals surface area contributed by atoms with Crippen LogP contribution in [0.5, 0.6) is 5.75 Å². The molecular formula is C20H22O3. The van der Waals surface area contributed by atoms with Gasteiger partial charge < -0.3 is 9.84 Å². The number of benzene rings is 2. The van der Waals surface area contributed by atoms with Crippen LogP contribution in [0.15, 0.2) is 42.5 Å². The predicted molar refractivity (Wildman–Crippen MR) is 93.7 cm³/mol. The van der Waals surface area contributed by atoms with Crippen molar-refractivity contribution in [2.24, 2.45) is 0 Å². The van der Waals surface area contributed by atoms with Gasteiger partial charge in [-0.05, 0) is 60.7 Å². The lowest BCUT2D eigenvalue weighted by molar-refractivity contribution is -0.130. The van der Waals surface area contributed by atoms with Gasteiger partial charge in [0.25, 0.3) is 0 Å². The summed E-state index contributed by atoms with van der Waals surface area (Å²) in [6.07, 6.45) is 2.62. The van der Waals surface area contributed by atoms with Gasteiger partial charge in [0.05, 0.1) is 12.2 Å². The molecule has 0 bridgehead atoms. The van der Waals surface area contributed by atoms with Crippen molar-refractivity contribution in [1.29, 1.82) is 0 Å². The van der Waals surface area contributed by atoms with Gasteiger partial charge in [-0.3, -0.25) is 0 Å². The molecule has 0 radical (unpaired) electrons. The molecule has 1 N–H and O–H groups in total. The van der Waals surface area contributed by atoms with Crippen molar-refractivity contribution in [1.82, 2.24) is 0 Å². The van der Waals surface area contributed by atoms with Crippen molar-refractivity contribution in [2.75, 3.05) is 6.61 Å². The molecule has 0 spiro atoms. The van der Waals surface area contributed by atoms with Crippen molar-refractivity contribution in [3.8, 4) is 5.75 Å². The van der Waals surface area contributed by atoms with E-state index in [4.69, 9.17) is 4.74 Å². The highest BCUT2D eigenvalue weighted by molar-refractivity contribution is 6.20. The number of hydrogen-bond acceptors (Lipinski definition) is 2. The maximum Gasteiger partial charge on any atom is 0.336 e. The average molecular weight is 310 g/mol. The van der Waals surface area contributed by atoms with E-state index in [0.29, 0.717) is 12.2 Å². The van der Waals surface area contributed by atoms with Gasteiger partial charge in [-0.1, -0.05) is 37.3 Å². The lowest BCUT2D eigenvalue weighted by Gasteiger charge is -2.08. The molecule has 23 heavy (non-hydrogen) atoms. The van der Waals surface area contributed by atoms with Gasteiger partial charge in [0.2, 0.25) is 0 Å². The lowest BCUT2D eigenvalue weighted by Crippen LogP contribution is -2.00. The molecule has 2 rings (SSSR count). The van der Waals surface area contributed by atoms with Gasteiger partial charge in [0.15, 0.2) is 0 Å². The van der Waals surface area contributed by atoms with Crippen molar-refractivity contribution in [3.05, 3.63) is 64.7 Å². The van der Waals surface area contributed by atoms with Crippen LogP contribution in [0.4, 0.5) is 0 Å². The van der Waals surface area contributed by atoms with E-state index in [1.807, 2.05) is 63.2 Å². The van der Waals surface area contributed by atoms with E-state index < -0.39 is 5.97 Å². The SMILES string of the molecule is CCCOc1cccc(/C=C(\C(=O)O)c2ccc(C)c(C)c2)c1. The van der Waals surface area contributed by atoms with Crippen molar-refractivity contribution in [3.63, 3.8) is 0 Å². The van der Waals surface area contributed by atoms with E-state index in [1.54, 1.807) is 6.08 Å². The second-order valence-electron chi connectivity index (χ2n) is 5.58. The first-order valence-electron chi connectivity index (χ1n) is 7.76. The summed E-state index contributed by atoms with van der Waals surface area (Å²) in [4.78, 5) is 11.7. The van der Waals surface area contributed by atoms with Crippen molar-refractivity contribution >= 4 is 17.6 Å². The third-order valence-corrected chi connectivity index (χ3v) is 3.69. The quantitative estimate of drug-likeness (QED) is 0.620. The first-order chi connectivity index (χ1) is 11.0. The summed E-state index contributed by atoms with van der Waals surface area (Å²) < 4.78 is 5.60. The largest absolute Gasteiger partial charge is 0.494 e. The standard InChI is InChI=1S/C20H22O3/c1-4-10-23-18-7-5-6-16(12-18)13-19(20(21)22)17-9-8-14(2)15(3)11-17/h5-9,11-13H,4,10H2,1-3H3,(H,21,22)/b19-13-. The molecule has 0 fully saturated rings. The fraction of sp³-hybridized carbons (Fsp3) is 0.250. The van der Waals surface area contributed by atoms with E-state index in [1.165, 1.54) is 0 Å². The van der Waals surface area contributed by atoms with E-state index in [9.17, 15) is 9.90 Å². The number of carboxylic acids is 1. The molecule has 3 nitrogen and oxygen atoms in total. The Morgan fingerprint density at radius 3 is 2.57 bits per heavy atom. The number of carboxylic acid groups (broad SMARTS) is 1. The van der Waals surface area contributed by atoms with Crippen LogP contribution in [0.1, 0.15) is 35.6 Å². The topological polar surface area (TPSA) is 46.5 Å². The Labute approximate surface area is 137 Å². The zero-order valence-corrected chi connectivity index (χ0v) is 13.8. The van der Waals surface area contributed by atoms with Crippen LogP contribution in [0, 0.1) is 13.8 Å². The van der Waals surface area contributed by atoms with E-state index in [-0.39, 0.29) is 5.57 Å². The molecular weight excluding hydrogens is 288 g/mol. The Bertz CT molecular complexity index is 729. The summed E-state index contributed by atoms with van der Waals surface area (Å²) in [6.45, 7) is 6.69. The molecule has 0 saturated heterocycles. The molecule has 0 saturated carbocycles. The van der Waals surface area contributed by atoms with Crippen LogP contribution < -0.4 is 4.74 Å². The molecule has 0 heterocycles. The second-order valence-corrected chi connectivity index (χ2v) is 5.58. The highest BCUT2D eigenvalue weighted by Crippen LogP contribution is 2.23. The smallest absolute Gasteiger partial charge is 0.336 e. The Balaban J connectivity index is 2.39. The maximum absolute atomic E-state index is 11.7. The van der Waals surface area contributed by atoms with Crippen LogP contribution in [0.2, 0.25) is 0 Å². The zero-order valence-electron chi connectivity index (χ0n) is 13.8. The van der Waals surface area contributed by atoms with E-state index in [0.717, 1.165) is 28.9 Å². The van der Waals surface area contributed by atoms with Gasteiger partial charge in [-0.15, -0.1) is 0 Å². The van der Waals surface area contributed by atoms with Crippen LogP contribution in [0.25, 0.3) is 11.6 Å². The Hall–Kier alpha value is -2.55. The van der Waals surface area contributed by atoms with E-state index in [2.05, 4.69) is 0 Å². The number of rotatable bonds is 6. The summed E-state index contributed by atoms with van der Waals surface area (Å²) in [6, 6.07) is 13.2. The Morgan fingerprint density at radius 2 is 1.91 bits per heavy atom. The fourth-order valence-corrected chi connectivity index (χ4v) is 2.26. The number of hydrogen-bond donors (Lipinski definition) is 1. The highest BCUT2D eigenvalue weighted by atomic mass is 16.5. The average Bonchev–Trinajstić information content (AvgIpc) is 2.53. The minimum atomic E-state index is -0.937. The summed E-state index contributed by atoms with van der Waals surface area (Å²) >= 11 is 0. The van der Waals surface area contributed by atoms with Crippen LogP contribution in [0.3, 0.4) is 0 Å². The minimum Gasteiger partial charge on any atom is -0.494 e. The molecule has 0 aromatic heterocycles. The van der Waals surface area contributed by atoms with Gasteiger partial charge in [0.1, 0.15) is 5.75 Å². The number of ether oxygens (including phenoxy) is 1. The van der Waals surface area contributed by atoms with E-state index >= 15 is 0 Å². The Kier molecular flexibility index (Phi) is 5.58. The molecule has 2 aromatic rings. The van der Waals surface area contributed by atoms with Crippen molar-refractivity contribution in [2.45, 2.75) is 27.2 Å². The first-order valence-corrected chi connectivity index (χ1v) is 7.76. The minimum absolute atomic E-state index is 0.278. The molecule has 0 unspecified atom stereocenters.